The number of fused-ring (bicyclic) bond motifs is 1. The van der Waals surface area contributed by atoms with Gasteiger partial charge in [0, 0.05) is 42.3 Å². The van der Waals surface area contributed by atoms with E-state index in [-0.39, 0.29) is 11.7 Å². The number of nitrogens with zero attached hydrogens (tertiary/aromatic N) is 1. The molecule has 0 spiro atoms. The van der Waals surface area contributed by atoms with Crippen molar-refractivity contribution in [3.8, 4) is 0 Å². The molecular weight excluding hydrogens is 350 g/mol. The molecule has 7 heteroatoms. The van der Waals surface area contributed by atoms with Crippen LogP contribution in [0.15, 0.2) is 42.5 Å². The highest BCUT2D eigenvalue weighted by Crippen LogP contribution is 2.35. The fourth-order valence-electron chi connectivity index (χ4n) is 2.68. The monoisotopic (exact) mass is 371 g/mol. The number of nitrogens with one attached hydrogen (secondary N) is 2. The van der Waals surface area contributed by atoms with Crippen LogP contribution < -0.4 is 14.9 Å². The van der Waals surface area contributed by atoms with Gasteiger partial charge in [-0.1, -0.05) is 12.1 Å². The van der Waals surface area contributed by atoms with Crippen LogP contribution in [0, 0.1) is 0 Å². The van der Waals surface area contributed by atoms with Crippen molar-refractivity contribution in [1.82, 2.24) is 0 Å². The van der Waals surface area contributed by atoms with E-state index in [0.29, 0.717) is 22.5 Å². The first-order valence-corrected chi connectivity index (χ1v) is 9.89. The van der Waals surface area contributed by atoms with Gasteiger partial charge in [0.2, 0.25) is 10.0 Å². The van der Waals surface area contributed by atoms with Gasteiger partial charge in [0.1, 0.15) is 0 Å². The standard InChI is InChI=1S/C19H21N3O3S/c1-4-26(24,25)21-14-7-10-18-16(12-14)17(19(23)20-18)11-13-5-8-15(9-6-13)22(2)3/h5-12,21H,4H2,1-3H3,(H,20,23)/b17-11-. The predicted molar refractivity (Wildman–Crippen MR) is 107 cm³/mol. The maximum absolute atomic E-state index is 12.3. The molecular formula is C19H21N3O3S. The normalized spacial score (nSPS) is 14.9. The highest BCUT2D eigenvalue weighted by Gasteiger charge is 2.24. The first-order valence-electron chi connectivity index (χ1n) is 8.24. The van der Waals surface area contributed by atoms with Crippen molar-refractivity contribution in [2.75, 3.05) is 34.8 Å². The predicted octanol–water partition coefficient (Wildman–Crippen LogP) is 3.01. The fourth-order valence-corrected chi connectivity index (χ4v) is 3.31. The molecule has 2 aromatic carbocycles. The zero-order valence-electron chi connectivity index (χ0n) is 14.9. The highest BCUT2D eigenvalue weighted by atomic mass is 32.2. The summed E-state index contributed by atoms with van der Waals surface area (Å²) in [6.45, 7) is 1.57. The lowest BCUT2D eigenvalue weighted by molar-refractivity contribution is -0.110. The van der Waals surface area contributed by atoms with Crippen molar-refractivity contribution < 1.29 is 13.2 Å². The molecule has 1 aliphatic rings. The van der Waals surface area contributed by atoms with Gasteiger partial charge in [-0.05, 0) is 48.9 Å². The molecule has 136 valence electrons. The van der Waals surface area contributed by atoms with Crippen molar-refractivity contribution >= 4 is 44.6 Å². The van der Waals surface area contributed by atoms with Crippen molar-refractivity contribution in [3.63, 3.8) is 0 Å². The highest BCUT2D eigenvalue weighted by molar-refractivity contribution is 7.92. The molecule has 6 nitrogen and oxygen atoms in total. The largest absolute Gasteiger partial charge is 0.378 e. The number of sulfonamides is 1. The van der Waals surface area contributed by atoms with Crippen molar-refractivity contribution in [1.29, 1.82) is 0 Å². The van der Waals surface area contributed by atoms with Crippen molar-refractivity contribution in [3.05, 3.63) is 53.6 Å². The Kier molecular flexibility index (Phi) is 4.73. The van der Waals surface area contributed by atoms with E-state index in [1.54, 1.807) is 31.2 Å². The van der Waals surface area contributed by atoms with Gasteiger partial charge >= 0.3 is 0 Å². The van der Waals surface area contributed by atoms with Crippen LogP contribution in [0.25, 0.3) is 11.6 Å². The third-order valence-corrected chi connectivity index (χ3v) is 5.48. The molecule has 0 atom stereocenters. The average molecular weight is 371 g/mol. The Bertz CT molecular complexity index is 978. The zero-order valence-corrected chi connectivity index (χ0v) is 15.7. The lowest BCUT2D eigenvalue weighted by atomic mass is 10.0. The molecule has 0 aromatic heterocycles. The van der Waals surface area contributed by atoms with E-state index >= 15 is 0 Å². The molecule has 0 aliphatic carbocycles. The molecule has 2 N–H and O–H groups in total. The third-order valence-electron chi connectivity index (χ3n) is 4.18. The molecule has 1 heterocycles. The minimum absolute atomic E-state index is 0.0117. The Balaban J connectivity index is 1.96. The van der Waals surface area contributed by atoms with Gasteiger partial charge < -0.3 is 10.2 Å². The molecule has 2 aromatic rings. The number of amides is 1. The van der Waals surface area contributed by atoms with Gasteiger partial charge in [0.25, 0.3) is 5.91 Å². The van der Waals surface area contributed by atoms with E-state index in [9.17, 15) is 13.2 Å². The number of hydrogen-bond acceptors (Lipinski definition) is 4. The summed E-state index contributed by atoms with van der Waals surface area (Å²) >= 11 is 0. The molecule has 3 rings (SSSR count). The second kappa shape index (κ2) is 6.84. The second-order valence-electron chi connectivity index (χ2n) is 6.26. The van der Waals surface area contributed by atoms with Crippen LogP contribution in [0.5, 0.6) is 0 Å². The number of carbonyl (C=O) groups excluding carboxylic acids is 1. The molecule has 0 saturated carbocycles. The Morgan fingerprint density at radius 3 is 2.42 bits per heavy atom. The Labute approximate surface area is 153 Å². The molecule has 0 bridgehead atoms. The molecule has 0 saturated heterocycles. The minimum atomic E-state index is -3.37. The summed E-state index contributed by atoms with van der Waals surface area (Å²) in [4.78, 5) is 14.3. The van der Waals surface area contributed by atoms with Gasteiger partial charge in [0.15, 0.2) is 0 Å². The second-order valence-corrected chi connectivity index (χ2v) is 8.27. The summed E-state index contributed by atoms with van der Waals surface area (Å²) in [6, 6.07) is 12.9. The Morgan fingerprint density at radius 1 is 1.12 bits per heavy atom. The number of hydrogen-bond donors (Lipinski definition) is 2. The van der Waals surface area contributed by atoms with Crippen molar-refractivity contribution in [2.24, 2.45) is 0 Å². The van der Waals surface area contributed by atoms with Crippen LogP contribution in [0.1, 0.15) is 18.1 Å². The van der Waals surface area contributed by atoms with Crippen molar-refractivity contribution in [2.45, 2.75) is 6.92 Å². The van der Waals surface area contributed by atoms with Crippen LogP contribution in [0.2, 0.25) is 0 Å². The molecule has 1 amide bonds. The molecule has 1 aliphatic heterocycles. The van der Waals surface area contributed by atoms with Crippen LogP contribution in [-0.2, 0) is 14.8 Å². The average Bonchev–Trinajstić information content (AvgIpc) is 2.90. The maximum atomic E-state index is 12.3. The number of carbonyl (C=O) groups is 1. The van der Waals surface area contributed by atoms with Crippen LogP contribution in [0.4, 0.5) is 17.1 Å². The molecule has 26 heavy (non-hydrogen) atoms. The van der Waals surface area contributed by atoms with E-state index in [0.717, 1.165) is 11.3 Å². The zero-order chi connectivity index (χ0) is 18.9. The molecule has 0 fully saturated rings. The van der Waals surface area contributed by atoms with Crippen LogP contribution in [0.3, 0.4) is 0 Å². The minimum Gasteiger partial charge on any atom is -0.378 e. The molecule has 0 unspecified atom stereocenters. The summed E-state index contributed by atoms with van der Waals surface area (Å²) in [6.07, 6.45) is 1.80. The third kappa shape index (κ3) is 3.72. The lowest BCUT2D eigenvalue weighted by Gasteiger charge is -2.12. The fraction of sp³-hybridized carbons (Fsp3) is 0.211. The van der Waals surface area contributed by atoms with Gasteiger partial charge in [0.05, 0.1) is 5.75 Å². The first-order chi connectivity index (χ1) is 12.3. The summed E-state index contributed by atoms with van der Waals surface area (Å²) in [7, 11) is 0.558. The maximum Gasteiger partial charge on any atom is 0.256 e. The van der Waals surface area contributed by atoms with E-state index < -0.39 is 10.0 Å². The Morgan fingerprint density at radius 2 is 1.81 bits per heavy atom. The Hall–Kier alpha value is -2.80. The topological polar surface area (TPSA) is 78.5 Å². The van der Waals surface area contributed by atoms with Crippen LogP contribution in [-0.4, -0.2) is 34.2 Å². The van der Waals surface area contributed by atoms with E-state index in [4.69, 9.17) is 0 Å². The summed E-state index contributed by atoms with van der Waals surface area (Å²) in [5.74, 6) is -0.213. The van der Waals surface area contributed by atoms with E-state index in [2.05, 4.69) is 10.0 Å². The number of benzene rings is 2. The van der Waals surface area contributed by atoms with Gasteiger partial charge in [-0.25, -0.2) is 8.42 Å². The van der Waals surface area contributed by atoms with E-state index in [1.165, 1.54) is 0 Å². The van der Waals surface area contributed by atoms with E-state index in [1.807, 2.05) is 43.3 Å². The summed E-state index contributed by atoms with van der Waals surface area (Å²) in [5, 5.41) is 2.81. The van der Waals surface area contributed by atoms with Gasteiger partial charge in [-0.2, -0.15) is 0 Å². The number of anilines is 3. The van der Waals surface area contributed by atoms with Gasteiger partial charge in [-0.15, -0.1) is 0 Å². The summed E-state index contributed by atoms with van der Waals surface area (Å²) < 4.78 is 26.1. The molecule has 0 radical (unpaired) electrons. The summed E-state index contributed by atoms with van der Waals surface area (Å²) in [5.41, 5.74) is 4.27. The number of rotatable bonds is 5. The van der Waals surface area contributed by atoms with Gasteiger partial charge in [-0.3, -0.25) is 9.52 Å². The van der Waals surface area contributed by atoms with Crippen LogP contribution >= 0.6 is 0 Å². The lowest BCUT2D eigenvalue weighted by Crippen LogP contribution is -2.14. The first kappa shape index (κ1) is 18.0. The quantitative estimate of drug-likeness (QED) is 0.792. The SMILES string of the molecule is CCS(=O)(=O)Nc1ccc2c(c1)/C(=C/c1ccc(N(C)C)cc1)C(=O)N2. The smallest absolute Gasteiger partial charge is 0.256 e.